The number of hydrogen-bond acceptors (Lipinski definition) is 1. The van der Waals surface area contributed by atoms with Crippen LogP contribution in [-0.2, 0) is 4.79 Å². The number of rotatable bonds is 1. The average Bonchev–Trinajstić information content (AvgIpc) is 2.28. The monoisotopic (exact) mass is 323 g/mol. The molecular formula is C6H6Br2F3NO. The average molecular weight is 325 g/mol. The number of alkyl halides is 5. The minimum absolute atomic E-state index is 0.0572. The maximum absolute atomic E-state index is 12.2. The van der Waals surface area contributed by atoms with Crippen LogP contribution in [0.25, 0.3) is 0 Å². The lowest BCUT2D eigenvalue weighted by Crippen LogP contribution is -2.40. The Morgan fingerprint density at radius 3 is 2.31 bits per heavy atom. The number of nitrogens with zero attached hydrogens (tertiary/aromatic N) is 1. The molecule has 1 rings (SSSR count). The third-order valence-corrected chi connectivity index (χ3v) is 3.81. The van der Waals surface area contributed by atoms with Crippen molar-refractivity contribution in [3.63, 3.8) is 0 Å². The van der Waals surface area contributed by atoms with Crippen molar-refractivity contribution in [2.24, 2.45) is 5.92 Å². The summed E-state index contributed by atoms with van der Waals surface area (Å²) in [7, 11) is 0. The Kier molecular flexibility index (Phi) is 3.27. The zero-order chi connectivity index (χ0) is 10.2. The van der Waals surface area contributed by atoms with Crippen molar-refractivity contribution in [2.45, 2.75) is 11.1 Å². The van der Waals surface area contributed by atoms with Gasteiger partial charge in [0, 0.05) is 17.8 Å². The second-order valence-corrected chi connectivity index (χ2v) is 4.37. The minimum Gasteiger partial charge on any atom is -0.273 e. The van der Waals surface area contributed by atoms with E-state index in [0.717, 1.165) is 0 Å². The normalized spacial score (nSPS) is 29.9. The van der Waals surface area contributed by atoms with Crippen molar-refractivity contribution in [1.82, 2.24) is 4.90 Å². The summed E-state index contributed by atoms with van der Waals surface area (Å²) < 4.78 is 36.5. The van der Waals surface area contributed by atoms with E-state index in [0.29, 0.717) is 5.33 Å². The molecule has 0 aromatic carbocycles. The maximum Gasteiger partial charge on any atom is 0.487 e. The molecule has 1 fully saturated rings. The first-order valence-corrected chi connectivity index (χ1v) is 5.50. The van der Waals surface area contributed by atoms with E-state index in [4.69, 9.17) is 0 Å². The van der Waals surface area contributed by atoms with Gasteiger partial charge in [-0.15, -0.1) is 13.2 Å². The minimum atomic E-state index is -4.56. The van der Waals surface area contributed by atoms with Crippen LogP contribution in [0.1, 0.15) is 0 Å². The Morgan fingerprint density at radius 1 is 1.54 bits per heavy atom. The molecule has 2 atom stereocenters. The van der Waals surface area contributed by atoms with E-state index in [2.05, 4.69) is 31.9 Å². The third kappa shape index (κ3) is 2.18. The lowest BCUT2D eigenvalue weighted by molar-refractivity contribution is -0.235. The molecule has 0 saturated carbocycles. The summed E-state index contributed by atoms with van der Waals surface area (Å²) in [6.45, 7) is -0.274. The molecule has 2 nitrogen and oxygen atoms in total. The number of amides is 1. The van der Waals surface area contributed by atoms with Crippen molar-refractivity contribution in [1.29, 1.82) is 0 Å². The molecule has 0 bridgehead atoms. The Bertz CT molecular complexity index is 220. The summed E-state index contributed by atoms with van der Waals surface area (Å²) in [6, 6.07) is 0. The first-order valence-electron chi connectivity index (χ1n) is 3.46. The Morgan fingerprint density at radius 2 is 2.08 bits per heavy atom. The molecule has 1 aliphatic heterocycles. The molecular weight excluding hydrogens is 319 g/mol. The zero-order valence-electron chi connectivity index (χ0n) is 6.31. The van der Waals surface area contributed by atoms with Crippen LogP contribution in [0.15, 0.2) is 0 Å². The van der Waals surface area contributed by atoms with Gasteiger partial charge in [-0.05, 0) is 0 Å². The Labute approximate surface area is 89.7 Å². The second-order valence-electron chi connectivity index (χ2n) is 2.73. The van der Waals surface area contributed by atoms with Crippen molar-refractivity contribution in [3.8, 4) is 0 Å². The quantitative estimate of drug-likeness (QED) is 0.534. The van der Waals surface area contributed by atoms with E-state index >= 15 is 0 Å². The van der Waals surface area contributed by atoms with Crippen LogP contribution < -0.4 is 0 Å². The third-order valence-electron chi connectivity index (χ3n) is 1.84. The molecule has 1 heterocycles. The van der Waals surface area contributed by atoms with Gasteiger partial charge in [0.2, 0.25) is 5.91 Å². The van der Waals surface area contributed by atoms with Crippen LogP contribution in [0, 0.1) is 5.92 Å². The molecule has 13 heavy (non-hydrogen) atoms. The van der Waals surface area contributed by atoms with E-state index in [9.17, 15) is 18.0 Å². The summed E-state index contributed by atoms with van der Waals surface area (Å²) in [5.41, 5.74) is 0. The standard InChI is InChI=1S/C6H6Br2F3NO/c7-1-3-2-12(6(9,10)11)5(13)4(3)8/h3-4H,1-2H2. The zero-order valence-corrected chi connectivity index (χ0v) is 9.49. The number of carbonyl (C=O) groups is 1. The molecule has 0 aromatic rings. The van der Waals surface area contributed by atoms with Gasteiger partial charge >= 0.3 is 6.30 Å². The van der Waals surface area contributed by atoms with Gasteiger partial charge in [0.05, 0.1) is 4.83 Å². The van der Waals surface area contributed by atoms with E-state index in [1.165, 1.54) is 0 Å². The molecule has 1 amide bonds. The summed E-state index contributed by atoms with van der Waals surface area (Å²) >= 11 is 6.00. The highest BCUT2D eigenvalue weighted by molar-refractivity contribution is 9.10. The van der Waals surface area contributed by atoms with Gasteiger partial charge in [-0.2, -0.15) is 0 Å². The fraction of sp³-hybridized carbons (Fsp3) is 0.833. The summed E-state index contributed by atoms with van der Waals surface area (Å²) in [5.74, 6) is -1.23. The van der Waals surface area contributed by atoms with Gasteiger partial charge in [-0.1, -0.05) is 31.9 Å². The van der Waals surface area contributed by atoms with Crippen LogP contribution >= 0.6 is 31.9 Å². The predicted molar refractivity (Wildman–Crippen MR) is 47.8 cm³/mol. The van der Waals surface area contributed by atoms with Crippen molar-refractivity contribution in [2.75, 3.05) is 11.9 Å². The van der Waals surface area contributed by atoms with Gasteiger partial charge in [0.1, 0.15) is 0 Å². The summed E-state index contributed by atoms with van der Waals surface area (Å²) in [4.78, 5) is 10.3. The molecule has 0 N–H and O–H groups in total. The molecule has 0 aliphatic carbocycles. The van der Waals surface area contributed by atoms with Crippen LogP contribution in [0.3, 0.4) is 0 Å². The van der Waals surface area contributed by atoms with E-state index in [-0.39, 0.29) is 17.4 Å². The molecule has 0 aromatic heterocycles. The molecule has 76 valence electrons. The first kappa shape index (κ1) is 11.3. The van der Waals surface area contributed by atoms with Gasteiger partial charge in [-0.25, -0.2) is 0 Å². The van der Waals surface area contributed by atoms with Crippen LogP contribution in [-0.4, -0.2) is 33.8 Å². The van der Waals surface area contributed by atoms with Gasteiger partial charge in [0.15, 0.2) is 0 Å². The number of hydrogen-bond donors (Lipinski definition) is 0. The summed E-state index contributed by atoms with van der Waals surface area (Å²) in [6.07, 6.45) is -4.56. The van der Waals surface area contributed by atoms with Crippen molar-refractivity contribution >= 4 is 37.8 Å². The fourth-order valence-corrected chi connectivity index (χ4v) is 2.80. The van der Waals surface area contributed by atoms with Crippen molar-refractivity contribution < 1.29 is 18.0 Å². The molecule has 1 saturated heterocycles. The first-order chi connectivity index (χ1) is 5.88. The maximum atomic E-state index is 12.2. The largest absolute Gasteiger partial charge is 0.487 e. The number of halogens is 5. The molecule has 7 heteroatoms. The van der Waals surface area contributed by atoms with Crippen LogP contribution in [0.2, 0.25) is 0 Å². The highest BCUT2D eigenvalue weighted by Gasteiger charge is 2.50. The fourth-order valence-electron chi connectivity index (χ4n) is 1.12. The smallest absolute Gasteiger partial charge is 0.273 e. The summed E-state index contributed by atoms with van der Waals surface area (Å²) in [5, 5.41) is 0.376. The van der Waals surface area contributed by atoms with E-state index in [1.54, 1.807) is 0 Å². The highest BCUT2D eigenvalue weighted by Crippen LogP contribution is 2.33. The molecule has 2 unspecified atom stereocenters. The van der Waals surface area contributed by atoms with Crippen LogP contribution in [0.4, 0.5) is 13.2 Å². The molecule has 0 radical (unpaired) electrons. The van der Waals surface area contributed by atoms with Crippen LogP contribution in [0.5, 0.6) is 0 Å². The Hall–Kier alpha value is 0.220. The molecule has 0 spiro atoms. The van der Waals surface area contributed by atoms with Gasteiger partial charge < -0.3 is 0 Å². The lowest BCUT2D eigenvalue weighted by atomic mass is 10.2. The topological polar surface area (TPSA) is 20.3 Å². The van der Waals surface area contributed by atoms with Gasteiger partial charge in [0.25, 0.3) is 0 Å². The van der Waals surface area contributed by atoms with Gasteiger partial charge in [-0.3, -0.25) is 9.69 Å². The highest BCUT2D eigenvalue weighted by atomic mass is 79.9. The van der Waals surface area contributed by atoms with E-state index < -0.39 is 17.0 Å². The second kappa shape index (κ2) is 3.76. The lowest BCUT2D eigenvalue weighted by Gasteiger charge is -2.18. The Balaban J connectivity index is 2.78. The number of carbonyl (C=O) groups excluding carboxylic acids is 1. The number of likely N-dealkylation sites (tertiary alicyclic amines) is 1. The molecule has 1 aliphatic rings. The predicted octanol–water partition coefficient (Wildman–Crippen LogP) is 2.12. The van der Waals surface area contributed by atoms with E-state index in [1.807, 2.05) is 0 Å². The SMILES string of the molecule is O=C1C(Br)C(CBr)CN1C(F)(F)F. The van der Waals surface area contributed by atoms with Crippen molar-refractivity contribution in [3.05, 3.63) is 0 Å².